The first-order valence-corrected chi connectivity index (χ1v) is 5.11. The third kappa shape index (κ3) is 2.93. The van der Waals surface area contributed by atoms with Crippen LogP contribution in [0.4, 0.5) is 5.82 Å². The number of aryl methyl sites for hydroxylation is 1. The molecule has 0 aliphatic carbocycles. The molecule has 0 aliphatic rings. The van der Waals surface area contributed by atoms with E-state index in [4.69, 9.17) is 11.5 Å². The summed E-state index contributed by atoms with van der Waals surface area (Å²) in [6.45, 7) is 6.15. The number of hydrogen-bond acceptors (Lipinski definition) is 4. The van der Waals surface area contributed by atoms with Crippen molar-refractivity contribution in [1.29, 1.82) is 0 Å². The molecule has 0 atom stereocenters. The summed E-state index contributed by atoms with van der Waals surface area (Å²) in [6, 6.07) is 3.42. The number of pyridine rings is 1. The van der Waals surface area contributed by atoms with Crippen molar-refractivity contribution in [3.05, 3.63) is 23.4 Å². The molecule has 1 rings (SSSR count). The molecule has 0 bridgehead atoms. The van der Waals surface area contributed by atoms with Gasteiger partial charge in [0.05, 0.1) is 5.56 Å². The number of amides is 1. The van der Waals surface area contributed by atoms with Crippen molar-refractivity contribution in [3.8, 4) is 0 Å². The zero-order chi connectivity index (χ0) is 12.3. The summed E-state index contributed by atoms with van der Waals surface area (Å²) in [4.78, 5) is 15.5. The molecule has 5 nitrogen and oxygen atoms in total. The van der Waals surface area contributed by atoms with Gasteiger partial charge in [-0.15, -0.1) is 0 Å². The molecule has 88 valence electrons. The summed E-state index contributed by atoms with van der Waals surface area (Å²) in [6.07, 6.45) is 0. The van der Waals surface area contributed by atoms with E-state index in [0.717, 1.165) is 5.69 Å². The maximum Gasteiger partial charge on any atom is 0.252 e. The smallest absolute Gasteiger partial charge is 0.252 e. The molecule has 5 N–H and O–H groups in total. The van der Waals surface area contributed by atoms with Crippen LogP contribution in [0.2, 0.25) is 0 Å². The van der Waals surface area contributed by atoms with Crippen molar-refractivity contribution < 1.29 is 4.79 Å². The van der Waals surface area contributed by atoms with Crippen LogP contribution in [0.5, 0.6) is 0 Å². The zero-order valence-corrected chi connectivity index (χ0v) is 9.87. The van der Waals surface area contributed by atoms with E-state index < -0.39 is 5.91 Å². The quantitative estimate of drug-likeness (QED) is 0.696. The van der Waals surface area contributed by atoms with E-state index in [1.54, 1.807) is 12.1 Å². The fourth-order valence-electron chi connectivity index (χ4n) is 1.22. The number of rotatable bonds is 4. The minimum Gasteiger partial charge on any atom is -0.365 e. The van der Waals surface area contributed by atoms with Gasteiger partial charge in [-0.1, -0.05) is 0 Å². The summed E-state index contributed by atoms with van der Waals surface area (Å²) in [5.41, 5.74) is 11.8. The Morgan fingerprint density at radius 3 is 2.62 bits per heavy atom. The fraction of sp³-hybridized carbons (Fsp3) is 0.455. The third-order valence-electron chi connectivity index (χ3n) is 2.27. The Bertz CT molecular complexity index is 401. The lowest BCUT2D eigenvalue weighted by molar-refractivity contribution is 0.100. The Morgan fingerprint density at radius 1 is 1.50 bits per heavy atom. The van der Waals surface area contributed by atoms with Gasteiger partial charge in [0.25, 0.3) is 5.91 Å². The molecular formula is C11H18N4O. The van der Waals surface area contributed by atoms with Crippen molar-refractivity contribution in [2.75, 3.05) is 11.9 Å². The van der Waals surface area contributed by atoms with Crippen molar-refractivity contribution in [3.63, 3.8) is 0 Å². The van der Waals surface area contributed by atoms with Gasteiger partial charge in [-0.3, -0.25) is 4.79 Å². The van der Waals surface area contributed by atoms with Gasteiger partial charge >= 0.3 is 0 Å². The van der Waals surface area contributed by atoms with Gasteiger partial charge < -0.3 is 16.8 Å². The van der Waals surface area contributed by atoms with Gasteiger partial charge in [-0.25, -0.2) is 4.98 Å². The molecule has 0 saturated carbocycles. The largest absolute Gasteiger partial charge is 0.365 e. The van der Waals surface area contributed by atoms with Crippen LogP contribution in [0.25, 0.3) is 0 Å². The molecule has 16 heavy (non-hydrogen) atoms. The summed E-state index contributed by atoms with van der Waals surface area (Å²) < 4.78 is 0. The first kappa shape index (κ1) is 12.4. The van der Waals surface area contributed by atoms with Crippen LogP contribution in [-0.4, -0.2) is 23.0 Å². The Labute approximate surface area is 95.2 Å². The van der Waals surface area contributed by atoms with Crippen LogP contribution >= 0.6 is 0 Å². The Morgan fingerprint density at radius 2 is 2.12 bits per heavy atom. The van der Waals surface area contributed by atoms with E-state index in [1.807, 2.05) is 20.8 Å². The van der Waals surface area contributed by atoms with Gasteiger partial charge in [-0.05, 0) is 32.9 Å². The molecule has 0 aliphatic heterocycles. The molecule has 1 aromatic rings. The highest BCUT2D eigenvalue weighted by molar-refractivity contribution is 5.97. The molecule has 0 unspecified atom stereocenters. The van der Waals surface area contributed by atoms with E-state index in [9.17, 15) is 4.79 Å². The van der Waals surface area contributed by atoms with Crippen molar-refractivity contribution in [2.24, 2.45) is 11.5 Å². The highest BCUT2D eigenvalue weighted by Gasteiger charge is 2.19. The van der Waals surface area contributed by atoms with Crippen LogP contribution in [0, 0.1) is 6.92 Å². The summed E-state index contributed by atoms with van der Waals surface area (Å²) >= 11 is 0. The average molecular weight is 222 g/mol. The minimum absolute atomic E-state index is 0.328. The Kier molecular flexibility index (Phi) is 3.49. The van der Waals surface area contributed by atoms with Crippen LogP contribution in [0.3, 0.4) is 0 Å². The maximum absolute atomic E-state index is 11.2. The van der Waals surface area contributed by atoms with Gasteiger partial charge in [0, 0.05) is 17.8 Å². The number of carbonyl (C=O) groups excluding carboxylic acids is 1. The lowest BCUT2D eigenvalue weighted by Gasteiger charge is -2.26. The molecule has 1 aromatic heterocycles. The molecule has 1 heterocycles. The van der Waals surface area contributed by atoms with Crippen molar-refractivity contribution >= 4 is 11.7 Å². The topological polar surface area (TPSA) is 94.0 Å². The Balaban J connectivity index is 3.10. The molecular weight excluding hydrogens is 204 g/mol. The number of carbonyl (C=O) groups is 1. The predicted octanol–water partition coefficient (Wildman–Crippen LogP) is 0.638. The molecule has 0 spiro atoms. The molecule has 0 radical (unpaired) electrons. The highest BCUT2D eigenvalue weighted by Crippen LogP contribution is 2.17. The van der Waals surface area contributed by atoms with Crippen LogP contribution in [0.15, 0.2) is 12.1 Å². The molecule has 5 heteroatoms. The Hall–Kier alpha value is -1.62. The summed E-state index contributed by atoms with van der Waals surface area (Å²) in [5, 5.41) is 3.12. The third-order valence-corrected chi connectivity index (χ3v) is 2.27. The normalized spacial score (nSPS) is 11.2. The van der Waals surface area contributed by atoms with Gasteiger partial charge in [0.1, 0.15) is 5.82 Å². The summed E-state index contributed by atoms with van der Waals surface area (Å²) in [7, 11) is 0. The maximum atomic E-state index is 11.2. The van der Waals surface area contributed by atoms with Crippen molar-refractivity contribution in [1.82, 2.24) is 4.98 Å². The van der Waals surface area contributed by atoms with Crippen molar-refractivity contribution in [2.45, 2.75) is 26.3 Å². The second-order valence-corrected chi connectivity index (χ2v) is 4.43. The first-order valence-electron chi connectivity index (χ1n) is 5.11. The lowest BCUT2D eigenvalue weighted by Crippen LogP contribution is -2.40. The number of primary amides is 1. The fourth-order valence-corrected chi connectivity index (χ4v) is 1.22. The zero-order valence-electron chi connectivity index (χ0n) is 9.87. The number of nitrogens with one attached hydrogen (secondary N) is 1. The number of aromatic nitrogens is 1. The lowest BCUT2D eigenvalue weighted by atomic mass is 10.1. The molecule has 1 amide bonds. The number of nitrogens with zero attached hydrogens (tertiary/aromatic N) is 1. The second kappa shape index (κ2) is 4.49. The van der Waals surface area contributed by atoms with Crippen LogP contribution < -0.4 is 16.8 Å². The molecule has 0 fully saturated rings. The molecule has 0 saturated heterocycles. The monoisotopic (exact) mass is 222 g/mol. The number of hydrogen-bond donors (Lipinski definition) is 3. The van der Waals surface area contributed by atoms with Crippen LogP contribution in [0.1, 0.15) is 29.9 Å². The first-order chi connectivity index (χ1) is 7.35. The average Bonchev–Trinajstić information content (AvgIpc) is 2.16. The number of anilines is 1. The second-order valence-electron chi connectivity index (χ2n) is 4.43. The SMILES string of the molecule is Cc1ccc(C(N)=O)c(NC(C)(C)CN)n1. The van der Waals surface area contributed by atoms with Crippen LogP contribution in [-0.2, 0) is 0 Å². The van der Waals surface area contributed by atoms with Gasteiger partial charge in [0.15, 0.2) is 0 Å². The van der Waals surface area contributed by atoms with E-state index in [-0.39, 0.29) is 5.54 Å². The molecule has 0 aromatic carbocycles. The minimum atomic E-state index is -0.497. The summed E-state index contributed by atoms with van der Waals surface area (Å²) in [5.74, 6) is -0.00854. The predicted molar refractivity (Wildman–Crippen MR) is 64.2 cm³/mol. The van der Waals surface area contributed by atoms with Gasteiger partial charge in [-0.2, -0.15) is 0 Å². The number of nitrogens with two attached hydrogens (primary N) is 2. The highest BCUT2D eigenvalue weighted by atomic mass is 16.1. The standard InChI is InChI=1S/C11H18N4O/c1-7-4-5-8(9(13)16)10(14-7)15-11(2,3)6-12/h4-5H,6,12H2,1-3H3,(H2,13,16)(H,14,15). The van der Waals surface area contributed by atoms with Gasteiger partial charge in [0.2, 0.25) is 0 Å². The van der Waals surface area contributed by atoms with E-state index >= 15 is 0 Å². The van der Waals surface area contributed by atoms with E-state index in [0.29, 0.717) is 17.9 Å². The van der Waals surface area contributed by atoms with E-state index in [2.05, 4.69) is 10.3 Å². The van der Waals surface area contributed by atoms with E-state index in [1.165, 1.54) is 0 Å².